The van der Waals surface area contributed by atoms with Crippen LogP contribution in [0.3, 0.4) is 0 Å². The molecule has 7 atom stereocenters. The van der Waals surface area contributed by atoms with E-state index in [-0.39, 0.29) is 23.0 Å². The summed E-state index contributed by atoms with van der Waals surface area (Å²) in [6.07, 6.45) is 20.3. The van der Waals surface area contributed by atoms with Crippen LogP contribution in [0.25, 0.3) is 0 Å². The Hall–Kier alpha value is -3.42. The molecule has 0 radical (unpaired) electrons. The highest BCUT2D eigenvalue weighted by Crippen LogP contribution is 2.41. The molecular formula is C49H78O8. The first-order valence-electron chi connectivity index (χ1n) is 22.3. The Balaban J connectivity index is 0.000000310. The molecule has 0 aromatic heterocycles. The summed E-state index contributed by atoms with van der Waals surface area (Å²) in [5.41, 5.74) is 4.05. The van der Waals surface area contributed by atoms with Crippen molar-refractivity contribution in [3.63, 3.8) is 0 Å². The maximum atomic E-state index is 10.9. The summed E-state index contributed by atoms with van der Waals surface area (Å²) < 4.78 is 12.8. The van der Waals surface area contributed by atoms with Gasteiger partial charge in [0.1, 0.15) is 34.2 Å². The number of carboxylic acid groups (broad SMARTS) is 2. The van der Waals surface area contributed by atoms with Crippen molar-refractivity contribution in [2.45, 2.75) is 196 Å². The smallest absolute Gasteiger partial charge is 0.306 e. The van der Waals surface area contributed by atoms with E-state index in [1.54, 1.807) is 26.0 Å². The molecule has 0 aliphatic carbocycles. The summed E-state index contributed by atoms with van der Waals surface area (Å²) in [6.45, 7) is 19.0. The first kappa shape index (κ1) is 48.0. The molecule has 4 N–H and O–H groups in total. The number of aryl methyl sites for hydroxylation is 4. The topological polar surface area (TPSA) is 134 Å². The van der Waals surface area contributed by atoms with Crippen molar-refractivity contribution in [3.8, 4) is 23.0 Å². The number of ether oxygens (including phenoxy) is 2. The second-order valence-corrected chi connectivity index (χ2v) is 19.0. The van der Waals surface area contributed by atoms with Gasteiger partial charge in [-0.05, 0) is 156 Å². The molecule has 0 spiro atoms. The standard InChI is InChI=1S/C27H44O4.C22H34O4/c1-19(11-7-13-21(3)26(29)30)9-6-10-20(2)12-8-15-27(5)16-14-23-18-24(28)17-22(4)25(23)31-27;1-15(7-5-9-16(2)21(24)25)8-6-11-22(4)12-10-18-14-19(23)13-17(3)20(18)26-22/h17-21,28H,6-16H2,1-5H3,(H,29,30);13-16,23H,5-12H2,1-4H3,(H,24,25). The second-order valence-electron chi connectivity index (χ2n) is 19.0. The highest BCUT2D eigenvalue weighted by Gasteiger charge is 2.33. The molecule has 2 aromatic carbocycles. The van der Waals surface area contributed by atoms with E-state index in [1.807, 2.05) is 26.0 Å². The highest BCUT2D eigenvalue weighted by molar-refractivity contribution is 5.69. The Kier molecular flexibility index (Phi) is 19.1. The normalized spacial score (nSPS) is 21.3. The molecule has 2 aliphatic heterocycles. The molecule has 57 heavy (non-hydrogen) atoms. The fourth-order valence-electron chi connectivity index (χ4n) is 8.75. The van der Waals surface area contributed by atoms with Crippen molar-refractivity contribution in [1.29, 1.82) is 0 Å². The van der Waals surface area contributed by atoms with Crippen LogP contribution in [0, 0.1) is 43.4 Å². The van der Waals surface area contributed by atoms with Gasteiger partial charge >= 0.3 is 11.9 Å². The van der Waals surface area contributed by atoms with E-state index in [4.69, 9.17) is 19.7 Å². The molecule has 2 aromatic rings. The first-order valence-corrected chi connectivity index (χ1v) is 22.3. The molecule has 2 aliphatic rings. The maximum absolute atomic E-state index is 10.9. The number of carbonyl (C=O) groups is 2. The van der Waals surface area contributed by atoms with Crippen molar-refractivity contribution in [2.75, 3.05) is 0 Å². The highest BCUT2D eigenvalue weighted by atomic mass is 16.5. The van der Waals surface area contributed by atoms with Gasteiger partial charge in [0.25, 0.3) is 0 Å². The number of aliphatic carboxylic acids is 2. The predicted molar refractivity (Wildman–Crippen MR) is 231 cm³/mol. The Morgan fingerprint density at radius 1 is 0.561 bits per heavy atom. The number of carboxylic acids is 2. The number of aromatic hydroxyl groups is 2. The van der Waals surface area contributed by atoms with Gasteiger partial charge in [-0.15, -0.1) is 0 Å². The lowest BCUT2D eigenvalue weighted by molar-refractivity contribution is -0.142. The predicted octanol–water partition coefficient (Wildman–Crippen LogP) is 12.8. The van der Waals surface area contributed by atoms with Gasteiger partial charge in [0, 0.05) is 0 Å². The molecular weight excluding hydrogens is 717 g/mol. The van der Waals surface area contributed by atoms with E-state index in [0.29, 0.717) is 23.3 Å². The van der Waals surface area contributed by atoms with E-state index >= 15 is 0 Å². The van der Waals surface area contributed by atoms with Gasteiger partial charge < -0.3 is 29.9 Å². The van der Waals surface area contributed by atoms with Crippen LogP contribution in [0.4, 0.5) is 0 Å². The molecule has 8 heteroatoms. The summed E-state index contributed by atoms with van der Waals surface area (Å²) in [6, 6.07) is 7.23. The largest absolute Gasteiger partial charge is 0.508 e. The number of hydrogen-bond acceptors (Lipinski definition) is 6. The minimum atomic E-state index is -0.691. The second kappa shape index (κ2) is 22.7. The summed E-state index contributed by atoms with van der Waals surface area (Å²) in [7, 11) is 0. The van der Waals surface area contributed by atoms with Crippen molar-refractivity contribution in [1.82, 2.24) is 0 Å². The number of hydrogen-bond donors (Lipinski definition) is 4. The SMILES string of the molecule is Cc1cc(O)cc2c1OC(C)(CCCC(C)CCCC(C)C(=O)O)CC2.Cc1cc(O)cc2c1OC(C)(CCCC(C)CCCC(C)CCCC(C)C(=O)O)CC2. The van der Waals surface area contributed by atoms with Gasteiger partial charge in [-0.3, -0.25) is 9.59 Å². The lowest BCUT2D eigenvalue weighted by atomic mass is 9.85. The molecule has 0 amide bonds. The quantitative estimate of drug-likeness (QED) is 0.0926. The third-order valence-electron chi connectivity index (χ3n) is 12.9. The van der Waals surface area contributed by atoms with Crippen LogP contribution in [0.5, 0.6) is 23.0 Å². The van der Waals surface area contributed by atoms with E-state index in [1.165, 1.54) is 32.1 Å². The first-order chi connectivity index (χ1) is 26.8. The molecule has 0 saturated carbocycles. The van der Waals surface area contributed by atoms with Crippen LogP contribution in [0.2, 0.25) is 0 Å². The van der Waals surface area contributed by atoms with Crippen LogP contribution in [-0.4, -0.2) is 43.6 Å². The molecule has 322 valence electrons. The Morgan fingerprint density at radius 3 is 1.21 bits per heavy atom. The fourth-order valence-corrected chi connectivity index (χ4v) is 8.75. The molecule has 8 nitrogen and oxygen atoms in total. The zero-order valence-corrected chi connectivity index (χ0v) is 37.1. The van der Waals surface area contributed by atoms with Crippen LogP contribution >= 0.6 is 0 Å². The number of rotatable bonds is 22. The van der Waals surface area contributed by atoms with Crippen LogP contribution in [0.15, 0.2) is 24.3 Å². The zero-order valence-electron chi connectivity index (χ0n) is 37.1. The van der Waals surface area contributed by atoms with Gasteiger partial charge in [0.2, 0.25) is 0 Å². The van der Waals surface area contributed by atoms with E-state index in [9.17, 15) is 19.8 Å². The summed E-state index contributed by atoms with van der Waals surface area (Å²) in [5.74, 6) is 2.80. The summed E-state index contributed by atoms with van der Waals surface area (Å²) >= 11 is 0. The number of benzene rings is 2. The van der Waals surface area contributed by atoms with Gasteiger partial charge in [-0.1, -0.05) is 92.4 Å². The van der Waals surface area contributed by atoms with Crippen molar-refractivity contribution < 1.29 is 39.5 Å². The molecule has 4 rings (SSSR count). The van der Waals surface area contributed by atoms with E-state index in [2.05, 4.69) is 34.6 Å². The summed E-state index contributed by atoms with van der Waals surface area (Å²) in [5, 5.41) is 37.5. The molecule has 0 fully saturated rings. The monoisotopic (exact) mass is 795 g/mol. The molecule has 2 heterocycles. The number of fused-ring (bicyclic) bond motifs is 2. The van der Waals surface area contributed by atoms with Crippen molar-refractivity contribution >= 4 is 11.9 Å². The summed E-state index contributed by atoms with van der Waals surface area (Å²) in [4.78, 5) is 21.8. The zero-order chi connectivity index (χ0) is 42.3. The maximum Gasteiger partial charge on any atom is 0.306 e. The van der Waals surface area contributed by atoms with E-state index in [0.717, 1.165) is 130 Å². The minimum Gasteiger partial charge on any atom is -0.508 e. The molecule has 7 unspecified atom stereocenters. The van der Waals surface area contributed by atoms with Gasteiger partial charge in [-0.2, -0.15) is 0 Å². The van der Waals surface area contributed by atoms with Crippen molar-refractivity contribution in [2.24, 2.45) is 29.6 Å². The molecule has 0 bridgehead atoms. The Morgan fingerprint density at radius 2 is 0.877 bits per heavy atom. The van der Waals surface area contributed by atoms with Gasteiger partial charge in [0.15, 0.2) is 0 Å². The number of phenolic OH excluding ortho intramolecular Hbond substituents is 2. The van der Waals surface area contributed by atoms with Gasteiger partial charge in [-0.25, -0.2) is 0 Å². The fraction of sp³-hybridized carbons (Fsp3) is 0.714. The van der Waals surface area contributed by atoms with Crippen LogP contribution < -0.4 is 9.47 Å². The number of phenols is 2. The molecule has 0 saturated heterocycles. The third kappa shape index (κ3) is 16.4. The van der Waals surface area contributed by atoms with Gasteiger partial charge in [0.05, 0.1) is 11.8 Å². The van der Waals surface area contributed by atoms with Crippen molar-refractivity contribution in [3.05, 3.63) is 46.5 Å². The van der Waals surface area contributed by atoms with Crippen LogP contribution in [-0.2, 0) is 22.4 Å². The average Bonchev–Trinajstić information content (AvgIpc) is 3.12. The van der Waals surface area contributed by atoms with E-state index < -0.39 is 11.9 Å². The lowest BCUT2D eigenvalue weighted by Gasteiger charge is -2.37. The minimum absolute atomic E-state index is 0.101. The van der Waals surface area contributed by atoms with Crippen LogP contribution in [0.1, 0.15) is 180 Å². The lowest BCUT2D eigenvalue weighted by Crippen LogP contribution is -2.36. The Labute approximate surface area is 345 Å². The Bertz CT molecular complexity index is 1570. The third-order valence-corrected chi connectivity index (χ3v) is 12.9. The average molecular weight is 795 g/mol.